The molecule has 10 aromatic rings. The van der Waals surface area contributed by atoms with E-state index in [9.17, 15) is 0 Å². The predicted octanol–water partition coefficient (Wildman–Crippen LogP) is 11.0. The van der Waals surface area contributed by atoms with Gasteiger partial charge in [-0.3, -0.25) is 0 Å². The van der Waals surface area contributed by atoms with Crippen LogP contribution in [0.4, 0.5) is 28.4 Å². The highest BCUT2D eigenvalue weighted by atomic mass is 32.1. The summed E-state index contributed by atoms with van der Waals surface area (Å²) < 4.78 is 9.32. The normalized spacial score (nSPS) is 15.4. The molecule has 312 valence electrons. The number of anilines is 5. The molecule has 3 aliphatic heterocycles. The maximum atomic E-state index is 6.65. The molecule has 0 atom stereocenters. The predicted molar refractivity (Wildman–Crippen MR) is 282 cm³/mol. The Balaban J connectivity index is 1.08. The number of rotatable bonds is 5. The molecule has 1 aliphatic carbocycles. The Bertz CT molecular complexity index is 3570. The van der Waals surface area contributed by atoms with Crippen LogP contribution in [0, 0.1) is 0 Å². The summed E-state index contributed by atoms with van der Waals surface area (Å²) in [7, 11) is -2.94. The maximum Gasteiger partial charge on any atom is 0.246 e. The van der Waals surface area contributed by atoms with Gasteiger partial charge in [0.1, 0.15) is 5.76 Å². The zero-order chi connectivity index (χ0) is 43.3. The summed E-state index contributed by atoms with van der Waals surface area (Å²) in [6.07, 6.45) is 4.26. The summed E-state index contributed by atoms with van der Waals surface area (Å²) in [5.41, 5.74) is 13.9. The second kappa shape index (κ2) is 14.8. The third kappa shape index (κ3) is 5.43. The average Bonchev–Trinajstić information content (AvgIpc) is 3.77. The Morgan fingerprint density at radius 3 is 2.02 bits per heavy atom. The van der Waals surface area contributed by atoms with Crippen LogP contribution in [-0.4, -0.2) is 14.8 Å². The van der Waals surface area contributed by atoms with Gasteiger partial charge < -0.3 is 14.5 Å². The highest BCUT2D eigenvalue weighted by molar-refractivity contribution is 7.27. The number of ether oxygens (including phenoxy) is 1. The molecule has 3 nitrogen and oxygen atoms in total. The Morgan fingerprint density at radius 1 is 0.485 bits per heavy atom. The lowest BCUT2D eigenvalue weighted by atomic mass is 9.34. The number of allylic oxidation sites excluding steroid dienone is 2. The van der Waals surface area contributed by atoms with Gasteiger partial charge in [0.25, 0.3) is 0 Å². The minimum atomic E-state index is -2.94. The van der Waals surface area contributed by atoms with Crippen LogP contribution < -0.4 is 51.7 Å². The molecule has 0 spiro atoms. The monoisotopic (exact) mass is 878 g/mol. The van der Waals surface area contributed by atoms with Gasteiger partial charge in [0, 0.05) is 49.3 Å². The molecule has 9 aromatic carbocycles. The van der Waals surface area contributed by atoms with Gasteiger partial charge in [0.15, 0.2) is 13.8 Å². The molecular weight excluding hydrogens is 836 g/mol. The molecule has 0 amide bonds. The third-order valence-corrected chi connectivity index (χ3v) is 20.9. The fourth-order valence-electron chi connectivity index (χ4n) is 12.1. The fourth-order valence-corrected chi connectivity index (χ4v) is 18.6. The number of thiophene rings is 1. The van der Waals surface area contributed by atoms with Crippen molar-refractivity contribution in [1.82, 2.24) is 0 Å². The summed E-state index contributed by atoms with van der Waals surface area (Å²) in [6, 6.07) is 80.5. The van der Waals surface area contributed by atoms with Gasteiger partial charge in [-0.2, -0.15) is 0 Å². The summed E-state index contributed by atoms with van der Waals surface area (Å²) >= 11 is 1.91. The molecule has 4 heterocycles. The number of fused-ring (bicyclic) bond motifs is 8. The Kier molecular flexibility index (Phi) is 8.52. The first-order valence-corrected chi connectivity index (χ1v) is 26.1. The van der Waals surface area contributed by atoms with Gasteiger partial charge in [-0.15, -0.1) is 11.3 Å². The van der Waals surface area contributed by atoms with Crippen molar-refractivity contribution in [3.8, 4) is 16.9 Å². The van der Waals surface area contributed by atoms with Crippen LogP contribution in [0.25, 0.3) is 31.3 Å². The number of para-hydroxylation sites is 3. The van der Waals surface area contributed by atoms with E-state index < -0.39 is 8.07 Å². The lowest BCUT2D eigenvalue weighted by Gasteiger charge is -2.47. The molecule has 1 aromatic heterocycles. The van der Waals surface area contributed by atoms with Crippen LogP contribution in [0.2, 0.25) is 0 Å². The van der Waals surface area contributed by atoms with Gasteiger partial charge in [-0.05, 0) is 111 Å². The molecule has 0 saturated heterocycles. The van der Waals surface area contributed by atoms with E-state index in [1.54, 1.807) is 0 Å². The average molecular weight is 879 g/mol. The number of nitrogens with zero attached hydrogens (tertiary/aromatic N) is 2. The van der Waals surface area contributed by atoms with E-state index in [-0.39, 0.29) is 6.71 Å². The fraction of sp³-hybridized carbons (Fsp3) is 0.0667. The van der Waals surface area contributed by atoms with Crippen LogP contribution in [0.1, 0.15) is 25.7 Å². The van der Waals surface area contributed by atoms with E-state index in [0.717, 1.165) is 54.3 Å². The molecule has 0 unspecified atom stereocenters. The highest BCUT2D eigenvalue weighted by Gasteiger charge is 2.53. The van der Waals surface area contributed by atoms with Crippen molar-refractivity contribution in [3.63, 3.8) is 0 Å². The Morgan fingerprint density at radius 2 is 1.18 bits per heavy atom. The molecule has 0 saturated carbocycles. The van der Waals surface area contributed by atoms with Gasteiger partial charge in [0.2, 0.25) is 6.71 Å². The molecular formula is C60H43BN2OSSi. The smallest absolute Gasteiger partial charge is 0.246 e. The van der Waals surface area contributed by atoms with E-state index >= 15 is 0 Å². The number of benzene rings is 9. The van der Waals surface area contributed by atoms with Crippen molar-refractivity contribution in [2.24, 2.45) is 0 Å². The molecule has 0 radical (unpaired) electrons. The molecule has 66 heavy (non-hydrogen) atoms. The lowest BCUT2D eigenvalue weighted by Crippen LogP contribution is -2.87. The second-order valence-corrected chi connectivity index (χ2v) is 22.9. The van der Waals surface area contributed by atoms with Crippen molar-refractivity contribution in [3.05, 3.63) is 224 Å². The van der Waals surface area contributed by atoms with E-state index in [4.69, 9.17) is 4.74 Å². The summed E-state index contributed by atoms with van der Waals surface area (Å²) in [4.78, 5) is 5.07. The summed E-state index contributed by atoms with van der Waals surface area (Å²) in [6.45, 7) is -0.00810. The molecule has 6 heteroatoms. The van der Waals surface area contributed by atoms with E-state index in [1.807, 2.05) is 11.3 Å². The maximum absolute atomic E-state index is 6.65. The minimum Gasteiger partial charge on any atom is -0.458 e. The topological polar surface area (TPSA) is 15.7 Å². The molecule has 4 aliphatic rings. The Hall–Kier alpha value is -7.38. The first-order chi connectivity index (χ1) is 32.8. The largest absolute Gasteiger partial charge is 0.458 e. The zero-order valence-electron chi connectivity index (χ0n) is 36.3. The van der Waals surface area contributed by atoms with Crippen molar-refractivity contribution >= 4 is 112 Å². The molecule has 0 bridgehead atoms. The standard InChI is InChI=1S/C60H43BN2OSSi/c1-4-18-41(19-5-1)62-52-29-17-33-58-59(52)61(48-36-35-42(39-53(48)62)63-50-27-11-13-30-54(50)64-55-31-14-12-28-51(55)63)49-38-40(45-25-16-26-47-46-24-10-15-32-56(46)65-60(45)47)34-37-57(49)66(58,43-20-6-2-7-21-43)44-22-8-3-9-23-44/h1-11,13,15-27,29-30,32-39H,12,14,28,31H2. The van der Waals surface area contributed by atoms with E-state index in [2.05, 4.69) is 222 Å². The minimum absolute atomic E-state index is 0.00810. The van der Waals surface area contributed by atoms with Gasteiger partial charge in [-0.25, -0.2) is 0 Å². The van der Waals surface area contributed by atoms with Crippen LogP contribution in [0.15, 0.2) is 224 Å². The molecule has 0 fully saturated rings. The number of hydrogen-bond donors (Lipinski definition) is 0. The SMILES string of the molecule is c1ccc(N2c3cc(N4C5=C(CCCC5)Oc5ccccc54)ccc3B3c4cc(-c5cccc6c5sc5ccccc56)ccc4[Si](c4ccccc4)(c4ccccc4)c4cccc2c43)cc1. The van der Waals surface area contributed by atoms with Crippen molar-refractivity contribution < 1.29 is 4.74 Å². The first kappa shape index (κ1) is 37.9. The van der Waals surface area contributed by atoms with Gasteiger partial charge in [-0.1, -0.05) is 169 Å². The quantitative estimate of drug-likeness (QED) is 0.160. The second-order valence-electron chi connectivity index (χ2n) is 18.1. The van der Waals surface area contributed by atoms with Gasteiger partial charge in [0.05, 0.1) is 11.4 Å². The van der Waals surface area contributed by atoms with Crippen LogP contribution in [-0.2, 0) is 0 Å². The van der Waals surface area contributed by atoms with Crippen LogP contribution in [0.5, 0.6) is 5.75 Å². The molecule has 14 rings (SSSR count). The van der Waals surface area contributed by atoms with Crippen molar-refractivity contribution in [2.45, 2.75) is 25.7 Å². The lowest BCUT2D eigenvalue weighted by molar-refractivity contribution is 0.363. The zero-order valence-corrected chi connectivity index (χ0v) is 38.1. The third-order valence-electron chi connectivity index (χ3n) is 14.7. The van der Waals surface area contributed by atoms with E-state index in [1.165, 1.54) is 85.5 Å². The summed E-state index contributed by atoms with van der Waals surface area (Å²) in [5, 5.41) is 8.38. The van der Waals surface area contributed by atoms with Crippen LogP contribution >= 0.6 is 11.3 Å². The van der Waals surface area contributed by atoms with Gasteiger partial charge >= 0.3 is 0 Å². The number of hydrogen-bond acceptors (Lipinski definition) is 4. The Labute approximate surface area is 390 Å². The van der Waals surface area contributed by atoms with Crippen molar-refractivity contribution in [1.29, 1.82) is 0 Å². The van der Waals surface area contributed by atoms with E-state index in [0.29, 0.717) is 0 Å². The first-order valence-electron chi connectivity index (χ1n) is 23.3. The van der Waals surface area contributed by atoms with Crippen LogP contribution in [0.3, 0.4) is 0 Å². The highest BCUT2D eigenvalue weighted by Crippen LogP contribution is 2.48. The summed E-state index contributed by atoms with van der Waals surface area (Å²) in [5.74, 6) is 2.04. The van der Waals surface area contributed by atoms with Crippen molar-refractivity contribution in [2.75, 3.05) is 9.80 Å². The molecule has 0 N–H and O–H groups in total.